The smallest absolute Gasteiger partial charge is 0.391 e. The molecule has 2 rings (SSSR count). The molecule has 108 valence electrons. The summed E-state index contributed by atoms with van der Waals surface area (Å²) in [6, 6.07) is 7.33. The van der Waals surface area contributed by atoms with Crippen LogP contribution in [-0.4, -0.2) is 37.6 Å². The molecular weight excluding hydrogens is 273 g/mol. The van der Waals surface area contributed by atoms with Crippen molar-refractivity contribution < 1.29 is 18.3 Å². The Balaban J connectivity index is 2.08. The molecule has 2 aromatic rings. The van der Waals surface area contributed by atoms with Gasteiger partial charge in [0.15, 0.2) is 0 Å². The summed E-state index contributed by atoms with van der Waals surface area (Å²) in [5, 5.41) is 20.7. The molecule has 5 nitrogen and oxygen atoms in total. The van der Waals surface area contributed by atoms with E-state index in [-0.39, 0.29) is 6.54 Å². The summed E-state index contributed by atoms with van der Waals surface area (Å²) in [7, 11) is 0. The first kappa shape index (κ1) is 14.4. The summed E-state index contributed by atoms with van der Waals surface area (Å²) < 4.78 is 36.3. The lowest BCUT2D eigenvalue weighted by Crippen LogP contribution is -2.25. The minimum atomic E-state index is -4.42. The van der Waals surface area contributed by atoms with Gasteiger partial charge in [0.1, 0.15) is 0 Å². The third-order valence-corrected chi connectivity index (χ3v) is 2.68. The molecule has 1 aromatic heterocycles. The van der Waals surface area contributed by atoms with Crippen LogP contribution in [0, 0.1) is 6.92 Å². The van der Waals surface area contributed by atoms with Gasteiger partial charge in [-0.15, -0.1) is 10.2 Å². The van der Waals surface area contributed by atoms with Crippen molar-refractivity contribution in [3.05, 3.63) is 29.8 Å². The fraction of sp³-hybridized carbons (Fsp3) is 0.417. The van der Waals surface area contributed by atoms with E-state index in [4.69, 9.17) is 0 Å². The van der Waals surface area contributed by atoms with E-state index < -0.39 is 18.7 Å². The molecular formula is C12H13F3N4O. The van der Waals surface area contributed by atoms with E-state index in [0.717, 1.165) is 15.9 Å². The summed E-state index contributed by atoms with van der Waals surface area (Å²) >= 11 is 0. The summed E-state index contributed by atoms with van der Waals surface area (Å²) in [4.78, 5) is 0.970. The number of hydrogen-bond donors (Lipinski definition) is 1. The number of alkyl halides is 3. The molecule has 1 N–H and O–H groups in total. The first-order chi connectivity index (χ1) is 9.35. The molecule has 0 amide bonds. The Kier molecular flexibility index (Phi) is 4.03. The van der Waals surface area contributed by atoms with E-state index in [0.29, 0.717) is 5.82 Å². The lowest BCUT2D eigenvalue weighted by molar-refractivity contribution is -0.155. The monoisotopic (exact) mass is 286 g/mol. The van der Waals surface area contributed by atoms with Crippen molar-refractivity contribution in [2.24, 2.45) is 0 Å². The van der Waals surface area contributed by atoms with Gasteiger partial charge in [0.2, 0.25) is 5.82 Å². The van der Waals surface area contributed by atoms with Crippen molar-refractivity contribution in [1.82, 2.24) is 20.2 Å². The molecule has 20 heavy (non-hydrogen) atoms. The van der Waals surface area contributed by atoms with Gasteiger partial charge in [-0.25, -0.2) is 0 Å². The SMILES string of the molecule is Cc1ccccc1-c1nnn(C[C@@H](O)CC(F)(F)F)n1. The Morgan fingerprint density at radius 1 is 1.30 bits per heavy atom. The highest BCUT2D eigenvalue weighted by atomic mass is 19.4. The molecule has 0 saturated heterocycles. The highest BCUT2D eigenvalue weighted by Gasteiger charge is 2.31. The number of aryl methyl sites for hydroxylation is 1. The fourth-order valence-corrected chi connectivity index (χ4v) is 1.77. The quantitative estimate of drug-likeness (QED) is 0.933. The number of aromatic nitrogens is 4. The number of aliphatic hydroxyl groups is 1. The summed E-state index contributed by atoms with van der Waals surface area (Å²) in [5.41, 5.74) is 1.69. The van der Waals surface area contributed by atoms with Gasteiger partial charge in [-0.1, -0.05) is 24.3 Å². The Morgan fingerprint density at radius 3 is 2.65 bits per heavy atom. The largest absolute Gasteiger partial charge is 0.391 e. The van der Waals surface area contributed by atoms with Crippen molar-refractivity contribution in [1.29, 1.82) is 0 Å². The normalized spacial score (nSPS) is 13.4. The van der Waals surface area contributed by atoms with Gasteiger partial charge in [-0.05, 0) is 17.7 Å². The number of halogens is 3. The fourth-order valence-electron chi connectivity index (χ4n) is 1.77. The van der Waals surface area contributed by atoms with Crippen LogP contribution in [0.25, 0.3) is 11.4 Å². The van der Waals surface area contributed by atoms with Crippen molar-refractivity contribution in [2.45, 2.75) is 32.2 Å². The maximum Gasteiger partial charge on any atom is 0.391 e. The topological polar surface area (TPSA) is 63.8 Å². The average Bonchev–Trinajstić information content (AvgIpc) is 2.75. The second kappa shape index (κ2) is 5.58. The van der Waals surface area contributed by atoms with Crippen LogP contribution in [0.3, 0.4) is 0 Å². The van der Waals surface area contributed by atoms with Crippen LogP contribution >= 0.6 is 0 Å². The van der Waals surface area contributed by atoms with Crippen LogP contribution in [0.5, 0.6) is 0 Å². The first-order valence-corrected chi connectivity index (χ1v) is 5.94. The van der Waals surface area contributed by atoms with Crippen molar-refractivity contribution in [2.75, 3.05) is 0 Å². The third kappa shape index (κ3) is 3.77. The van der Waals surface area contributed by atoms with Crippen molar-refractivity contribution >= 4 is 0 Å². The predicted molar refractivity (Wildman–Crippen MR) is 64.7 cm³/mol. The lowest BCUT2D eigenvalue weighted by atomic mass is 10.1. The predicted octanol–water partition coefficient (Wildman–Crippen LogP) is 1.96. The van der Waals surface area contributed by atoms with Crippen LogP contribution in [0.2, 0.25) is 0 Å². The van der Waals surface area contributed by atoms with E-state index in [9.17, 15) is 18.3 Å². The molecule has 0 saturated carbocycles. The molecule has 8 heteroatoms. The van der Waals surface area contributed by atoms with E-state index in [2.05, 4.69) is 15.4 Å². The molecule has 0 aliphatic rings. The van der Waals surface area contributed by atoms with E-state index in [1.54, 1.807) is 6.07 Å². The summed E-state index contributed by atoms with van der Waals surface area (Å²) in [6.45, 7) is 1.52. The van der Waals surface area contributed by atoms with Gasteiger partial charge in [0.05, 0.1) is 19.1 Å². The van der Waals surface area contributed by atoms with E-state index in [1.165, 1.54) is 0 Å². The van der Waals surface area contributed by atoms with Crippen LogP contribution in [-0.2, 0) is 6.54 Å². The zero-order valence-electron chi connectivity index (χ0n) is 10.7. The highest BCUT2D eigenvalue weighted by Crippen LogP contribution is 2.22. The number of benzene rings is 1. The second-order valence-corrected chi connectivity index (χ2v) is 4.46. The molecule has 0 unspecified atom stereocenters. The Hall–Kier alpha value is -1.96. The summed E-state index contributed by atoms with van der Waals surface area (Å²) in [6.07, 6.45) is -7.30. The number of rotatable bonds is 4. The van der Waals surface area contributed by atoms with E-state index >= 15 is 0 Å². The molecule has 1 aromatic carbocycles. The van der Waals surface area contributed by atoms with Gasteiger partial charge in [0.25, 0.3) is 0 Å². The maximum atomic E-state index is 12.1. The minimum absolute atomic E-state index is 0.322. The summed E-state index contributed by atoms with van der Waals surface area (Å²) in [5.74, 6) is 0.322. The van der Waals surface area contributed by atoms with E-state index in [1.807, 2.05) is 25.1 Å². The average molecular weight is 286 g/mol. The lowest BCUT2D eigenvalue weighted by Gasteiger charge is -2.11. The van der Waals surface area contributed by atoms with Gasteiger partial charge in [0, 0.05) is 5.56 Å². The number of aliphatic hydroxyl groups excluding tert-OH is 1. The third-order valence-electron chi connectivity index (χ3n) is 2.68. The molecule has 0 radical (unpaired) electrons. The van der Waals surface area contributed by atoms with Crippen LogP contribution in [0.1, 0.15) is 12.0 Å². The van der Waals surface area contributed by atoms with Gasteiger partial charge in [-0.2, -0.15) is 18.0 Å². The van der Waals surface area contributed by atoms with Crippen molar-refractivity contribution in [3.8, 4) is 11.4 Å². The first-order valence-electron chi connectivity index (χ1n) is 5.94. The molecule has 0 bridgehead atoms. The van der Waals surface area contributed by atoms with Crippen LogP contribution in [0.15, 0.2) is 24.3 Å². The van der Waals surface area contributed by atoms with Crippen molar-refractivity contribution in [3.63, 3.8) is 0 Å². The zero-order chi connectivity index (χ0) is 14.8. The number of tetrazole rings is 1. The second-order valence-electron chi connectivity index (χ2n) is 4.46. The number of hydrogen-bond acceptors (Lipinski definition) is 4. The van der Waals surface area contributed by atoms with Gasteiger partial charge in [-0.3, -0.25) is 0 Å². The van der Waals surface area contributed by atoms with Gasteiger partial charge >= 0.3 is 6.18 Å². The van der Waals surface area contributed by atoms with Crippen LogP contribution in [0.4, 0.5) is 13.2 Å². The Labute approximate surface area is 113 Å². The maximum absolute atomic E-state index is 12.1. The van der Waals surface area contributed by atoms with Crippen LogP contribution < -0.4 is 0 Å². The number of nitrogens with zero attached hydrogens (tertiary/aromatic N) is 4. The Bertz CT molecular complexity index is 582. The molecule has 0 fully saturated rings. The zero-order valence-corrected chi connectivity index (χ0v) is 10.7. The Morgan fingerprint density at radius 2 is 2.00 bits per heavy atom. The molecule has 1 heterocycles. The minimum Gasteiger partial charge on any atom is -0.391 e. The standard InChI is InChI=1S/C12H13F3N4O/c1-8-4-2-3-5-10(8)11-16-18-19(17-11)7-9(20)6-12(13,14)15/h2-5,9,20H,6-7H2,1H3/t9-/m0/s1. The highest BCUT2D eigenvalue weighted by molar-refractivity contribution is 5.58. The molecule has 1 atom stereocenters. The molecule has 0 aliphatic carbocycles. The molecule has 0 aliphatic heterocycles. The molecule has 0 spiro atoms. The van der Waals surface area contributed by atoms with Gasteiger partial charge < -0.3 is 5.11 Å².